The topological polar surface area (TPSA) is 73.0 Å². The molecule has 0 aliphatic rings. The Bertz CT molecular complexity index is 874. The van der Waals surface area contributed by atoms with E-state index in [2.05, 4.69) is 15.5 Å². The first-order chi connectivity index (χ1) is 12.6. The van der Waals surface area contributed by atoms with E-state index in [0.717, 1.165) is 5.56 Å². The highest BCUT2D eigenvalue weighted by Crippen LogP contribution is 2.24. The van der Waals surface area contributed by atoms with Crippen LogP contribution in [0.3, 0.4) is 0 Å². The Hall–Kier alpha value is -2.54. The minimum Gasteiger partial charge on any atom is -0.461 e. The lowest BCUT2D eigenvalue weighted by Crippen LogP contribution is -2.28. The zero-order valence-electron chi connectivity index (χ0n) is 15.1. The maximum atomic E-state index is 12.3. The van der Waals surface area contributed by atoms with Gasteiger partial charge in [0.25, 0.3) is 0 Å². The van der Waals surface area contributed by atoms with Gasteiger partial charge in [0.1, 0.15) is 0 Å². The number of carbonyl (C=O) groups is 1. The van der Waals surface area contributed by atoms with E-state index >= 15 is 0 Å². The predicted molar refractivity (Wildman–Crippen MR) is 102 cm³/mol. The molecule has 3 rings (SSSR count). The van der Waals surface area contributed by atoms with E-state index in [-0.39, 0.29) is 17.7 Å². The maximum Gasteiger partial charge on any atom is 0.230 e. The molecule has 1 unspecified atom stereocenters. The van der Waals surface area contributed by atoms with Crippen LogP contribution in [-0.4, -0.2) is 26.4 Å². The third kappa shape index (κ3) is 3.99. The van der Waals surface area contributed by atoms with Crippen molar-refractivity contribution in [2.45, 2.75) is 38.5 Å². The van der Waals surface area contributed by atoms with Gasteiger partial charge in [0.05, 0.1) is 18.1 Å². The van der Waals surface area contributed by atoms with Gasteiger partial charge in [0.15, 0.2) is 16.7 Å². The molecule has 0 radical (unpaired) electrons. The third-order valence-electron chi connectivity index (χ3n) is 4.14. The molecule has 26 heavy (non-hydrogen) atoms. The number of benzene rings is 1. The summed E-state index contributed by atoms with van der Waals surface area (Å²) in [6, 6.07) is 11.7. The molecule has 0 saturated carbocycles. The molecule has 136 valence electrons. The van der Waals surface area contributed by atoms with Gasteiger partial charge in [-0.25, -0.2) is 0 Å². The normalized spacial score (nSPS) is 12.1. The molecule has 0 saturated heterocycles. The summed E-state index contributed by atoms with van der Waals surface area (Å²) in [5, 5.41) is 12.1. The van der Waals surface area contributed by atoms with Crippen LogP contribution in [0.4, 0.5) is 0 Å². The molecule has 1 atom stereocenters. The number of amides is 1. The Morgan fingerprint density at radius 2 is 2.08 bits per heavy atom. The second kappa shape index (κ2) is 8.23. The maximum absolute atomic E-state index is 12.3. The fourth-order valence-electron chi connectivity index (χ4n) is 2.83. The van der Waals surface area contributed by atoms with E-state index in [0.29, 0.717) is 23.3 Å². The smallest absolute Gasteiger partial charge is 0.230 e. The summed E-state index contributed by atoms with van der Waals surface area (Å²) in [5.41, 5.74) is 2.30. The molecule has 0 bridgehead atoms. The average Bonchev–Trinajstić information content (AvgIpc) is 3.29. The Kier molecular flexibility index (Phi) is 5.78. The van der Waals surface area contributed by atoms with Crippen molar-refractivity contribution >= 4 is 17.7 Å². The Balaban J connectivity index is 1.62. The van der Waals surface area contributed by atoms with Crippen molar-refractivity contribution in [2.24, 2.45) is 0 Å². The average molecular weight is 370 g/mol. The van der Waals surface area contributed by atoms with Gasteiger partial charge < -0.3 is 9.73 Å². The number of carbonyl (C=O) groups excluding carboxylic acids is 1. The van der Waals surface area contributed by atoms with Crippen LogP contribution in [0.2, 0.25) is 0 Å². The van der Waals surface area contributed by atoms with Gasteiger partial charge >= 0.3 is 0 Å². The molecule has 1 amide bonds. The lowest BCUT2D eigenvalue weighted by Gasteiger charge is -2.16. The Labute approximate surface area is 157 Å². The van der Waals surface area contributed by atoms with Crippen molar-refractivity contribution in [1.29, 1.82) is 0 Å². The summed E-state index contributed by atoms with van der Waals surface area (Å²) in [6.45, 7) is 6.76. The molecule has 1 aromatic carbocycles. The highest BCUT2D eigenvalue weighted by atomic mass is 32.2. The molecule has 1 N–H and O–H groups in total. The summed E-state index contributed by atoms with van der Waals surface area (Å²) < 4.78 is 7.35. The summed E-state index contributed by atoms with van der Waals surface area (Å²) in [7, 11) is 0. The highest BCUT2D eigenvalue weighted by molar-refractivity contribution is 7.99. The van der Waals surface area contributed by atoms with E-state index in [1.54, 1.807) is 6.26 Å². The van der Waals surface area contributed by atoms with Gasteiger partial charge in [-0.15, -0.1) is 10.2 Å². The van der Waals surface area contributed by atoms with Crippen molar-refractivity contribution in [3.05, 3.63) is 53.8 Å². The van der Waals surface area contributed by atoms with Gasteiger partial charge in [0, 0.05) is 6.54 Å². The SMILES string of the molecule is CCn1c(SCC(=O)NC(C)c2ccccc2C)nnc1-c1ccco1. The van der Waals surface area contributed by atoms with Crippen LogP contribution in [0.15, 0.2) is 52.2 Å². The van der Waals surface area contributed by atoms with Crippen LogP contribution < -0.4 is 5.32 Å². The van der Waals surface area contributed by atoms with Gasteiger partial charge in [-0.1, -0.05) is 36.0 Å². The predicted octanol–water partition coefficient (Wildman–Crippen LogP) is 3.84. The Morgan fingerprint density at radius 3 is 2.77 bits per heavy atom. The van der Waals surface area contributed by atoms with Gasteiger partial charge in [-0.05, 0) is 44.0 Å². The Morgan fingerprint density at radius 1 is 1.27 bits per heavy atom. The summed E-state index contributed by atoms with van der Waals surface area (Å²) in [4.78, 5) is 12.3. The molecule has 0 aliphatic heterocycles. The second-order valence-corrected chi connectivity index (χ2v) is 6.90. The van der Waals surface area contributed by atoms with E-state index in [1.165, 1.54) is 17.3 Å². The first kappa shape index (κ1) is 18.3. The van der Waals surface area contributed by atoms with Crippen LogP contribution in [0.5, 0.6) is 0 Å². The van der Waals surface area contributed by atoms with Gasteiger partial charge in [0.2, 0.25) is 5.91 Å². The van der Waals surface area contributed by atoms with Crippen LogP contribution in [0.25, 0.3) is 11.6 Å². The lowest BCUT2D eigenvalue weighted by atomic mass is 10.0. The van der Waals surface area contributed by atoms with E-state index < -0.39 is 0 Å². The number of nitrogens with one attached hydrogen (secondary N) is 1. The van der Waals surface area contributed by atoms with Crippen molar-refractivity contribution < 1.29 is 9.21 Å². The van der Waals surface area contributed by atoms with Crippen LogP contribution in [-0.2, 0) is 11.3 Å². The van der Waals surface area contributed by atoms with Crippen LogP contribution in [0.1, 0.15) is 31.0 Å². The van der Waals surface area contributed by atoms with E-state index in [4.69, 9.17) is 4.42 Å². The zero-order valence-corrected chi connectivity index (χ0v) is 15.9. The summed E-state index contributed by atoms with van der Waals surface area (Å²) >= 11 is 1.37. The minimum absolute atomic E-state index is 0.0315. The standard InChI is InChI=1S/C19H22N4O2S/c1-4-23-18(16-10-7-11-25-16)21-22-19(23)26-12-17(24)20-14(3)15-9-6-5-8-13(15)2/h5-11,14H,4,12H2,1-3H3,(H,20,24). The van der Waals surface area contributed by atoms with Gasteiger partial charge in [-0.2, -0.15) is 0 Å². The van der Waals surface area contributed by atoms with Crippen LogP contribution in [0, 0.1) is 6.92 Å². The molecule has 0 fully saturated rings. The van der Waals surface area contributed by atoms with Gasteiger partial charge in [-0.3, -0.25) is 9.36 Å². The van der Waals surface area contributed by atoms with Crippen molar-refractivity contribution in [3.8, 4) is 11.6 Å². The number of aryl methyl sites for hydroxylation is 1. The van der Waals surface area contributed by atoms with Crippen molar-refractivity contribution in [3.63, 3.8) is 0 Å². The van der Waals surface area contributed by atoms with Crippen molar-refractivity contribution in [1.82, 2.24) is 20.1 Å². The third-order valence-corrected chi connectivity index (χ3v) is 5.11. The second-order valence-electron chi connectivity index (χ2n) is 5.96. The minimum atomic E-state index is -0.0352. The van der Waals surface area contributed by atoms with E-state index in [9.17, 15) is 4.79 Å². The highest BCUT2D eigenvalue weighted by Gasteiger charge is 2.17. The molecule has 3 aromatic rings. The summed E-state index contributed by atoms with van der Waals surface area (Å²) in [5.74, 6) is 1.60. The number of nitrogens with zero attached hydrogens (tertiary/aromatic N) is 3. The molecule has 7 heteroatoms. The first-order valence-corrected chi connectivity index (χ1v) is 9.53. The molecule has 0 aliphatic carbocycles. The molecule has 2 aromatic heterocycles. The molecule has 0 spiro atoms. The largest absolute Gasteiger partial charge is 0.461 e. The number of aromatic nitrogens is 3. The molecule has 6 nitrogen and oxygen atoms in total. The number of rotatable bonds is 7. The lowest BCUT2D eigenvalue weighted by molar-refractivity contribution is -0.119. The number of hydrogen-bond acceptors (Lipinski definition) is 5. The number of hydrogen-bond donors (Lipinski definition) is 1. The number of furan rings is 1. The fourth-order valence-corrected chi connectivity index (χ4v) is 3.65. The summed E-state index contributed by atoms with van der Waals surface area (Å²) in [6.07, 6.45) is 1.61. The molecular weight excluding hydrogens is 348 g/mol. The monoisotopic (exact) mass is 370 g/mol. The van der Waals surface area contributed by atoms with Crippen molar-refractivity contribution in [2.75, 3.05) is 5.75 Å². The quantitative estimate of drug-likeness (QED) is 0.640. The first-order valence-electron chi connectivity index (χ1n) is 8.55. The van der Waals surface area contributed by atoms with E-state index in [1.807, 2.05) is 61.7 Å². The zero-order chi connectivity index (χ0) is 18.5. The molecule has 2 heterocycles. The number of thioether (sulfide) groups is 1. The molecular formula is C19H22N4O2S. The fraction of sp³-hybridized carbons (Fsp3) is 0.316. The van der Waals surface area contributed by atoms with Crippen LogP contribution >= 0.6 is 11.8 Å².